The van der Waals surface area contributed by atoms with Gasteiger partial charge in [0.2, 0.25) is 0 Å². The van der Waals surface area contributed by atoms with Gasteiger partial charge < -0.3 is 14.8 Å². The number of halogens is 1. The number of aromatic nitrogens is 3. The highest BCUT2D eigenvalue weighted by Gasteiger charge is 2.14. The number of nitrogens with zero attached hydrogens (tertiary/aromatic N) is 3. The fraction of sp³-hybridized carbons (Fsp3) is 0.333. The Kier molecular flexibility index (Phi) is 3.36. The maximum absolute atomic E-state index is 13.3. The zero-order chi connectivity index (χ0) is 14.9. The van der Waals surface area contributed by atoms with E-state index >= 15 is 0 Å². The minimum absolute atomic E-state index is 0.0593. The van der Waals surface area contributed by atoms with Crippen LogP contribution >= 0.6 is 0 Å². The molecule has 1 aliphatic rings. The molecule has 0 aliphatic carbocycles. The first-order chi connectivity index (χ1) is 10.8. The largest absolute Gasteiger partial charge is 0.377 e. The van der Waals surface area contributed by atoms with Crippen LogP contribution in [0.25, 0.3) is 16.4 Å². The summed E-state index contributed by atoms with van der Waals surface area (Å²) >= 11 is 0. The third-order valence-electron chi connectivity index (χ3n) is 3.64. The molecule has 1 aliphatic heterocycles. The van der Waals surface area contributed by atoms with Crippen LogP contribution in [0.5, 0.6) is 0 Å². The molecule has 114 valence electrons. The van der Waals surface area contributed by atoms with E-state index in [1.54, 1.807) is 16.9 Å². The lowest BCUT2D eigenvalue weighted by Crippen LogP contribution is -2.28. The lowest BCUT2D eigenvalue weighted by Gasteiger charge is -2.15. The molecular weight excluding hydrogens is 287 g/mol. The number of anilines is 1. The molecule has 0 spiro atoms. The number of hydrogen-bond donors (Lipinski definition) is 1. The molecule has 0 radical (unpaired) electrons. The van der Waals surface area contributed by atoms with E-state index in [0.29, 0.717) is 31.9 Å². The second-order valence-electron chi connectivity index (χ2n) is 5.26. The highest BCUT2D eigenvalue weighted by Crippen LogP contribution is 2.22. The van der Waals surface area contributed by atoms with Gasteiger partial charge in [-0.3, -0.25) is 0 Å². The van der Waals surface area contributed by atoms with Crippen molar-refractivity contribution in [2.75, 3.05) is 31.7 Å². The van der Waals surface area contributed by atoms with Gasteiger partial charge in [-0.2, -0.15) is 5.10 Å². The van der Waals surface area contributed by atoms with Gasteiger partial charge in [0.25, 0.3) is 0 Å². The van der Waals surface area contributed by atoms with Crippen molar-refractivity contribution >= 4 is 22.2 Å². The average molecular weight is 302 g/mol. The van der Waals surface area contributed by atoms with E-state index in [-0.39, 0.29) is 11.9 Å². The minimum Gasteiger partial charge on any atom is -0.377 e. The third-order valence-corrected chi connectivity index (χ3v) is 3.64. The van der Waals surface area contributed by atoms with Crippen molar-refractivity contribution in [3.05, 3.63) is 36.4 Å². The van der Waals surface area contributed by atoms with Gasteiger partial charge in [0.05, 0.1) is 43.5 Å². The van der Waals surface area contributed by atoms with Crippen molar-refractivity contribution in [2.24, 2.45) is 0 Å². The predicted molar refractivity (Wildman–Crippen MR) is 79.5 cm³/mol. The second-order valence-corrected chi connectivity index (χ2v) is 5.26. The molecule has 0 saturated carbocycles. The van der Waals surface area contributed by atoms with Gasteiger partial charge in [-0.05, 0) is 12.1 Å². The van der Waals surface area contributed by atoms with E-state index in [4.69, 9.17) is 9.47 Å². The standard InChI is InChI=1S/C15H15FN4O2/c16-10-1-2-12-13(5-10)19-20-9-17-15(6-14(12)20)18-11-7-21-3-4-22-8-11/h1-2,5-6,9,11,18H,3-4,7-8H2. The van der Waals surface area contributed by atoms with E-state index in [9.17, 15) is 4.39 Å². The molecule has 1 fully saturated rings. The molecule has 3 aromatic rings. The van der Waals surface area contributed by atoms with Gasteiger partial charge in [-0.1, -0.05) is 0 Å². The number of rotatable bonds is 2. The van der Waals surface area contributed by atoms with Gasteiger partial charge in [0, 0.05) is 17.5 Å². The Bertz CT molecular complexity index is 812. The van der Waals surface area contributed by atoms with Gasteiger partial charge >= 0.3 is 0 Å². The number of nitrogens with one attached hydrogen (secondary N) is 1. The number of ether oxygens (including phenoxy) is 2. The van der Waals surface area contributed by atoms with Crippen LogP contribution < -0.4 is 5.32 Å². The van der Waals surface area contributed by atoms with Crippen molar-refractivity contribution in [2.45, 2.75) is 6.04 Å². The molecule has 0 atom stereocenters. The summed E-state index contributed by atoms with van der Waals surface area (Å²) in [4.78, 5) is 4.33. The highest BCUT2D eigenvalue weighted by molar-refractivity contribution is 5.94. The predicted octanol–water partition coefficient (Wildman–Crippen LogP) is 1.85. The smallest absolute Gasteiger partial charge is 0.130 e. The van der Waals surface area contributed by atoms with Crippen molar-refractivity contribution < 1.29 is 13.9 Å². The molecule has 0 bridgehead atoms. The summed E-state index contributed by atoms with van der Waals surface area (Å²) < 4.78 is 25.9. The Morgan fingerprint density at radius 1 is 1.18 bits per heavy atom. The van der Waals surface area contributed by atoms with Crippen molar-refractivity contribution in [1.29, 1.82) is 0 Å². The number of hydrogen-bond acceptors (Lipinski definition) is 5. The average Bonchev–Trinajstić information content (AvgIpc) is 2.68. The molecule has 7 heteroatoms. The number of fused-ring (bicyclic) bond motifs is 3. The third kappa shape index (κ3) is 2.49. The first-order valence-electron chi connectivity index (χ1n) is 7.15. The summed E-state index contributed by atoms with van der Waals surface area (Å²) in [6.45, 7) is 2.39. The van der Waals surface area contributed by atoms with Crippen LogP contribution in [0.4, 0.5) is 10.2 Å². The molecule has 1 N–H and O–H groups in total. The topological polar surface area (TPSA) is 60.7 Å². The molecular formula is C15H15FN4O2. The summed E-state index contributed by atoms with van der Waals surface area (Å²) in [6.07, 6.45) is 1.62. The van der Waals surface area contributed by atoms with Crippen LogP contribution in [-0.4, -0.2) is 47.1 Å². The molecule has 6 nitrogen and oxygen atoms in total. The van der Waals surface area contributed by atoms with Crippen LogP contribution in [0.1, 0.15) is 0 Å². The van der Waals surface area contributed by atoms with E-state index < -0.39 is 0 Å². The first-order valence-corrected chi connectivity index (χ1v) is 7.15. The van der Waals surface area contributed by atoms with Crippen LogP contribution in [0.2, 0.25) is 0 Å². The summed E-state index contributed by atoms with van der Waals surface area (Å²) in [7, 11) is 0. The summed E-state index contributed by atoms with van der Waals surface area (Å²) in [5.74, 6) is 0.424. The zero-order valence-corrected chi connectivity index (χ0v) is 11.8. The monoisotopic (exact) mass is 302 g/mol. The molecule has 3 heterocycles. The molecule has 0 amide bonds. The van der Waals surface area contributed by atoms with Crippen LogP contribution in [0, 0.1) is 5.82 Å². The lowest BCUT2D eigenvalue weighted by molar-refractivity contribution is 0.103. The summed E-state index contributed by atoms with van der Waals surface area (Å²) in [5.41, 5.74) is 1.49. The van der Waals surface area contributed by atoms with E-state index in [1.807, 2.05) is 6.07 Å². The molecule has 2 aromatic heterocycles. The molecule has 1 aromatic carbocycles. The summed E-state index contributed by atoms with van der Waals surface area (Å²) in [5, 5.41) is 8.51. The molecule has 4 rings (SSSR count). The van der Waals surface area contributed by atoms with Gasteiger partial charge in [-0.25, -0.2) is 13.9 Å². The van der Waals surface area contributed by atoms with E-state index in [0.717, 1.165) is 16.7 Å². The Morgan fingerprint density at radius 3 is 2.82 bits per heavy atom. The second kappa shape index (κ2) is 5.51. The van der Waals surface area contributed by atoms with Gasteiger partial charge in [-0.15, -0.1) is 0 Å². The Labute approximate surface area is 125 Å². The maximum Gasteiger partial charge on any atom is 0.130 e. The van der Waals surface area contributed by atoms with Crippen molar-refractivity contribution in [1.82, 2.24) is 14.6 Å². The van der Waals surface area contributed by atoms with Gasteiger partial charge in [0.15, 0.2) is 0 Å². The highest BCUT2D eigenvalue weighted by atomic mass is 19.1. The minimum atomic E-state index is -0.296. The molecule has 1 saturated heterocycles. The fourth-order valence-electron chi connectivity index (χ4n) is 2.60. The van der Waals surface area contributed by atoms with Gasteiger partial charge in [0.1, 0.15) is 18.0 Å². The Morgan fingerprint density at radius 2 is 2.00 bits per heavy atom. The van der Waals surface area contributed by atoms with E-state index in [1.165, 1.54) is 12.1 Å². The van der Waals surface area contributed by atoms with E-state index in [2.05, 4.69) is 15.4 Å². The lowest BCUT2D eigenvalue weighted by atomic mass is 10.2. The summed E-state index contributed by atoms with van der Waals surface area (Å²) in [6, 6.07) is 6.55. The fourth-order valence-corrected chi connectivity index (χ4v) is 2.60. The maximum atomic E-state index is 13.3. The van der Waals surface area contributed by atoms with Crippen molar-refractivity contribution in [3.63, 3.8) is 0 Å². The van der Waals surface area contributed by atoms with Crippen LogP contribution in [0.15, 0.2) is 30.6 Å². The number of benzene rings is 1. The molecule has 0 unspecified atom stereocenters. The molecule has 22 heavy (non-hydrogen) atoms. The zero-order valence-electron chi connectivity index (χ0n) is 11.8. The Hall–Kier alpha value is -2.25. The Balaban J connectivity index is 1.68. The quantitative estimate of drug-likeness (QED) is 0.783. The SMILES string of the molecule is Fc1ccc2c(c1)nn1cnc(NC3COCCOC3)cc21. The van der Waals surface area contributed by atoms with Crippen LogP contribution in [0.3, 0.4) is 0 Å². The first kappa shape index (κ1) is 13.4. The van der Waals surface area contributed by atoms with Crippen molar-refractivity contribution in [3.8, 4) is 0 Å². The van der Waals surface area contributed by atoms with Crippen LogP contribution in [-0.2, 0) is 9.47 Å². The normalized spacial score (nSPS) is 17.0.